The molecule has 0 saturated heterocycles. The highest BCUT2D eigenvalue weighted by Crippen LogP contribution is 2.28. The molecule has 2 aromatic heterocycles. The Hall–Kier alpha value is -1.68. The summed E-state index contributed by atoms with van der Waals surface area (Å²) in [6.45, 7) is 11.0. The number of aryl methyl sites for hydroxylation is 1. The van der Waals surface area contributed by atoms with Gasteiger partial charge in [0.1, 0.15) is 5.75 Å². The molecule has 0 spiro atoms. The van der Waals surface area contributed by atoms with E-state index in [2.05, 4.69) is 72.7 Å². The first-order valence-electron chi connectivity index (χ1n) is 13.4. The minimum Gasteiger partial charge on any atom is -0.492 e. The first kappa shape index (κ1) is 29.5. The van der Waals surface area contributed by atoms with Gasteiger partial charge >= 0.3 is 0 Å². The number of halogens is 2. The van der Waals surface area contributed by atoms with Gasteiger partial charge in [0.15, 0.2) is 0 Å². The molecule has 35 heavy (non-hydrogen) atoms. The molecule has 0 N–H and O–H groups in total. The Morgan fingerprint density at radius 1 is 0.857 bits per heavy atom. The third-order valence-electron chi connectivity index (χ3n) is 6.57. The Kier molecular flexibility index (Phi) is 13.6. The molecule has 0 aliphatic heterocycles. The van der Waals surface area contributed by atoms with Gasteiger partial charge in [-0.05, 0) is 86.7 Å². The minimum absolute atomic E-state index is 0. The van der Waals surface area contributed by atoms with Gasteiger partial charge in [-0.1, -0.05) is 63.8 Å². The third-order valence-corrected chi connectivity index (χ3v) is 6.87. The van der Waals surface area contributed by atoms with Crippen molar-refractivity contribution in [1.82, 2.24) is 9.30 Å². The summed E-state index contributed by atoms with van der Waals surface area (Å²) in [4.78, 5) is 2.58. The van der Waals surface area contributed by atoms with E-state index in [1.165, 1.54) is 74.0 Å². The largest absolute Gasteiger partial charge is 0.492 e. The highest BCUT2D eigenvalue weighted by molar-refractivity contribution is 6.32. The summed E-state index contributed by atoms with van der Waals surface area (Å²) in [7, 11) is 0. The van der Waals surface area contributed by atoms with Crippen LogP contribution < -0.4 is 4.74 Å². The van der Waals surface area contributed by atoms with Crippen LogP contribution in [-0.4, -0.2) is 35.5 Å². The molecule has 0 unspecified atom stereocenters. The normalized spacial score (nSPS) is 11.2. The fourth-order valence-electron chi connectivity index (χ4n) is 4.55. The Bertz CT molecular complexity index is 993. The maximum absolute atomic E-state index is 6.65. The molecule has 1 aromatic carbocycles. The standard InChI is InChI=1S/C30H43ClN2O.ClH/c1-4-7-13-26-24-27-14-10-11-20-33(27)29(26)23-25-15-16-30(28(31)22-25)34-21-12-19-32(17-8-5-2)18-9-6-3;/h10-11,14-16,20,22,24H,4-9,12-13,17-19,21,23H2,1-3H3;1H. The number of unbranched alkanes of at least 4 members (excludes halogenated alkanes) is 3. The van der Waals surface area contributed by atoms with E-state index in [4.69, 9.17) is 16.3 Å². The van der Waals surface area contributed by atoms with E-state index < -0.39 is 0 Å². The molecule has 0 saturated carbocycles. The quantitative estimate of drug-likeness (QED) is 0.176. The molecule has 3 nitrogen and oxygen atoms in total. The summed E-state index contributed by atoms with van der Waals surface area (Å²) in [6, 6.07) is 15.0. The molecule has 0 aliphatic carbocycles. The lowest BCUT2D eigenvalue weighted by Gasteiger charge is -2.22. The van der Waals surface area contributed by atoms with E-state index in [1.807, 2.05) is 6.07 Å². The van der Waals surface area contributed by atoms with Gasteiger partial charge in [-0.25, -0.2) is 0 Å². The number of pyridine rings is 1. The second-order valence-electron chi connectivity index (χ2n) is 9.41. The fourth-order valence-corrected chi connectivity index (χ4v) is 4.81. The summed E-state index contributed by atoms with van der Waals surface area (Å²) in [5.74, 6) is 0.797. The zero-order valence-electron chi connectivity index (χ0n) is 21.9. The van der Waals surface area contributed by atoms with Crippen LogP contribution in [0.15, 0.2) is 48.7 Å². The molecule has 0 radical (unpaired) electrons. The van der Waals surface area contributed by atoms with Crippen LogP contribution in [0.25, 0.3) is 5.52 Å². The van der Waals surface area contributed by atoms with Crippen LogP contribution in [0.3, 0.4) is 0 Å². The third kappa shape index (κ3) is 9.04. The summed E-state index contributed by atoms with van der Waals surface area (Å²) in [5.41, 5.74) is 5.30. The number of hydrogen-bond donors (Lipinski definition) is 0. The zero-order chi connectivity index (χ0) is 24.2. The van der Waals surface area contributed by atoms with Gasteiger partial charge in [0.2, 0.25) is 0 Å². The summed E-state index contributed by atoms with van der Waals surface area (Å²) >= 11 is 6.65. The van der Waals surface area contributed by atoms with Gasteiger partial charge in [-0.2, -0.15) is 0 Å². The lowest BCUT2D eigenvalue weighted by molar-refractivity contribution is 0.229. The molecule has 0 fully saturated rings. The summed E-state index contributed by atoms with van der Waals surface area (Å²) in [6.07, 6.45) is 12.7. The summed E-state index contributed by atoms with van der Waals surface area (Å²) in [5, 5.41) is 0.710. The predicted molar refractivity (Wildman–Crippen MR) is 154 cm³/mol. The molecule has 3 rings (SSSR count). The average Bonchev–Trinajstić information content (AvgIpc) is 3.19. The molecule has 194 valence electrons. The van der Waals surface area contributed by atoms with E-state index >= 15 is 0 Å². The number of hydrogen-bond acceptors (Lipinski definition) is 2. The Labute approximate surface area is 224 Å². The lowest BCUT2D eigenvalue weighted by Crippen LogP contribution is -2.28. The molecular weight excluding hydrogens is 475 g/mol. The van der Waals surface area contributed by atoms with Gasteiger partial charge in [0, 0.05) is 30.4 Å². The molecule has 0 aliphatic rings. The van der Waals surface area contributed by atoms with Crippen molar-refractivity contribution in [2.45, 2.75) is 78.6 Å². The van der Waals surface area contributed by atoms with Crippen LogP contribution in [0, 0.1) is 0 Å². The smallest absolute Gasteiger partial charge is 0.137 e. The van der Waals surface area contributed by atoms with E-state index in [0.717, 1.165) is 31.6 Å². The van der Waals surface area contributed by atoms with Gasteiger partial charge in [-0.15, -0.1) is 12.4 Å². The van der Waals surface area contributed by atoms with Crippen molar-refractivity contribution in [2.24, 2.45) is 0 Å². The van der Waals surface area contributed by atoms with Gasteiger partial charge in [0.25, 0.3) is 0 Å². The minimum atomic E-state index is 0. The highest BCUT2D eigenvalue weighted by Gasteiger charge is 2.12. The molecule has 2 heterocycles. The van der Waals surface area contributed by atoms with E-state index in [9.17, 15) is 0 Å². The van der Waals surface area contributed by atoms with Crippen molar-refractivity contribution in [2.75, 3.05) is 26.2 Å². The van der Waals surface area contributed by atoms with Crippen LogP contribution in [0.5, 0.6) is 5.75 Å². The average molecular weight is 520 g/mol. The SMILES string of the molecule is CCCCc1cc2ccccn2c1Cc1ccc(OCCCN(CCCC)CCCC)c(Cl)c1.Cl. The zero-order valence-corrected chi connectivity index (χ0v) is 23.5. The van der Waals surface area contributed by atoms with Crippen molar-refractivity contribution in [3.8, 4) is 5.75 Å². The molecule has 5 heteroatoms. The van der Waals surface area contributed by atoms with Crippen molar-refractivity contribution < 1.29 is 4.74 Å². The number of rotatable bonds is 16. The molecule has 0 bridgehead atoms. The lowest BCUT2D eigenvalue weighted by atomic mass is 10.0. The topological polar surface area (TPSA) is 16.9 Å². The van der Waals surface area contributed by atoms with Crippen LogP contribution in [-0.2, 0) is 12.8 Å². The van der Waals surface area contributed by atoms with Crippen LogP contribution in [0.4, 0.5) is 0 Å². The van der Waals surface area contributed by atoms with Crippen LogP contribution in [0.1, 0.15) is 82.5 Å². The van der Waals surface area contributed by atoms with Crippen molar-refractivity contribution in [1.29, 1.82) is 0 Å². The van der Waals surface area contributed by atoms with Gasteiger partial charge in [0.05, 0.1) is 11.6 Å². The second-order valence-corrected chi connectivity index (χ2v) is 9.81. The van der Waals surface area contributed by atoms with Crippen LogP contribution >= 0.6 is 24.0 Å². The maximum Gasteiger partial charge on any atom is 0.137 e. The second kappa shape index (κ2) is 16.1. The number of ether oxygens (including phenoxy) is 1. The molecule has 0 amide bonds. The van der Waals surface area contributed by atoms with Gasteiger partial charge in [-0.3, -0.25) is 0 Å². The van der Waals surface area contributed by atoms with E-state index in [-0.39, 0.29) is 12.4 Å². The number of nitrogens with zero attached hydrogens (tertiary/aromatic N) is 2. The van der Waals surface area contributed by atoms with E-state index in [1.54, 1.807) is 0 Å². The number of fused-ring (bicyclic) bond motifs is 1. The Balaban J connectivity index is 0.00000432. The van der Waals surface area contributed by atoms with Crippen molar-refractivity contribution >= 4 is 29.5 Å². The number of aromatic nitrogens is 1. The molecule has 3 aromatic rings. The first-order valence-corrected chi connectivity index (χ1v) is 13.7. The Morgan fingerprint density at radius 3 is 2.26 bits per heavy atom. The van der Waals surface area contributed by atoms with Crippen molar-refractivity contribution in [3.63, 3.8) is 0 Å². The Morgan fingerprint density at radius 2 is 1.57 bits per heavy atom. The highest BCUT2D eigenvalue weighted by atomic mass is 35.5. The monoisotopic (exact) mass is 518 g/mol. The maximum atomic E-state index is 6.65. The van der Waals surface area contributed by atoms with Gasteiger partial charge < -0.3 is 14.0 Å². The molecular formula is C30H44Cl2N2O. The van der Waals surface area contributed by atoms with E-state index in [0.29, 0.717) is 11.6 Å². The number of benzene rings is 1. The predicted octanol–water partition coefficient (Wildman–Crippen LogP) is 8.62. The fraction of sp³-hybridized carbons (Fsp3) is 0.533. The van der Waals surface area contributed by atoms with Crippen LogP contribution in [0.2, 0.25) is 5.02 Å². The summed E-state index contributed by atoms with van der Waals surface area (Å²) < 4.78 is 8.40. The van der Waals surface area contributed by atoms with Crippen molar-refractivity contribution in [3.05, 3.63) is 70.5 Å². The first-order chi connectivity index (χ1) is 16.7. The molecule has 0 atom stereocenters.